The zero-order chi connectivity index (χ0) is 6.97. The summed E-state index contributed by atoms with van der Waals surface area (Å²) in [5, 5.41) is 0. The van der Waals surface area contributed by atoms with E-state index in [1.54, 1.807) is 11.8 Å². The van der Waals surface area contributed by atoms with Crippen LogP contribution in [0.5, 0.6) is 0 Å². The second-order valence-electron chi connectivity index (χ2n) is 2.30. The summed E-state index contributed by atoms with van der Waals surface area (Å²) < 4.78 is 0. The molecule has 1 nitrogen and oxygen atoms in total. The van der Waals surface area contributed by atoms with E-state index in [0.29, 0.717) is 0 Å². The van der Waals surface area contributed by atoms with Crippen LogP contribution in [0.15, 0.2) is 34.8 Å². The van der Waals surface area contributed by atoms with Crippen molar-refractivity contribution in [2.45, 2.75) is 11.3 Å². The molecule has 0 saturated heterocycles. The van der Waals surface area contributed by atoms with Gasteiger partial charge in [0.1, 0.15) is 0 Å². The molecule has 0 spiro atoms. The molecule has 1 aliphatic rings. The van der Waals surface area contributed by atoms with Crippen molar-refractivity contribution < 1.29 is 0 Å². The molecule has 0 N–H and O–H groups in total. The van der Waals surface area contributed by atoms with Crippen LogP contribution in [0.3, 0.4) is 0 Å². The lowest BCUT2D eigenvalue weighted by Crippen LogP contribution is -1.78. The van der Waals surface area contributed by atoms with E-state index >= 15 is 0 Å². The summed E-state index contributed by atoms with van der Waals surface area (Å²) in [5.74, 6) is 0. The molecule has 0 bridgehead atoms. The van der Waals surface area contributed by atoms with Crippen LogP contribution < -0.4 is 0 Å². The number of hydrogen-bond donors (Lipinski definition) is 0. The first-order valence-electron chi connectivity index (χ1n) is 3.15. The fourth-order valence-corrected chi connectivity index (χ4v) is 1.97. The Morgan fingerprint density at radius 1 is 1.60 bits per heavy atom. The number of pyridine rings is 1. The van der Waals surface area contributed by atoms with Crippen molar-refractivity contribution in [3.8, 4) is 0 Å². The van der Waals surface area contributed by atoms with Crippen molar-refractivity contribution in [3.05, 3.63) is 35.5 Å². The van der Waals surface area contributed by atoms with Gasteiger partial charge < -0.3 is 0 Å². The highest BCUT2D eigenvalue weighted by atomic mass is 32.2. The van der Waals surface area contributed by atoms with Crippen molar-refractivity contribution in [2.75, 3.05) is 0 Å². The molecular weight excluding hydrogens is 142 g/mol. The molecule has 1 aromatic rings. The predicted molar refractivity (Wildman–Crippen MR) is 42.9 cm³/mol. The van der Waals surface area contributed by atoms with E-state index in [0.717, 1.165) is 6.42 Å². The van der Waals surface area contributed by atoms with Crippen LogP contribution in [0.2, 0.25) is 0 Å². The maximum absolute atomic E-state index is 4.03. The first-order chi connectivity index (χ1) is 4.86. The van der Waals surface area contributed by atoms with Gasteiger partial charge in [0, 0.05) is 23.7 Å². The van der Waals surface area contributed by atoms with Gasteiger partial charge in [-0.05, 0) is 16.5 Å². The van der Waals surface area contributed by atoms with Crippen LogP contribution in [0.25, 0.3) is 0 Å². The Morgan fingerprint density at radius 3 is 3.30 bits per heavy atom. The van der Waals surface area contributed by atoms with E-state index in [2.05, 4.69) is 17.6 Å². The minimum absolute atomic E-state index is 1.02. The number of fused-ring (bicyclic) bond motifs is 1. The lowest BCUT2D eigenvalue weighted by Gasteiger charge is -1.90. The molecule has 0 aliphatic carbocycles. The Morgan fingerprint density at radius 2 is 2.50 bits per heavy atom. The fourth-order valence-electron chi connectivity index (χ4n) is 1.05. The van der Waals surface area contributed by atoms with Crippen molar-refractivity contribution in [2.24, 2.45) is 0 Å². The van der Waals surface area contributed by atoms with E-state index < -0.39 is 0 Å². The molecule has 0 amide bonds. The highest BCUT2D eigenvalue weighted by Gasteiger charge is 2.13. The maximum atomic E-state index is 4.03. The van der Waals surface area contributed by atoms with E-state index in [1.807, 2.05) is 12.4 Å². The summed E-state index contributed by atoms with van der Waals surface area (Å²) in [5.41, 5.74) is 1.37. The number of allylic oxidation sites excluding steroid dienone is 1. The lowest BCUT2D eigenvalue weighted by atomic mass is 10.2. The van der Waals surface area contributed by atoms with Gasteiger partial charge in [0.2, 0.25) is 0 Å². The van der Waals surface area contributed by atoms with Gasteiger partial charge in [0.15, 0.2) is 0 Å². The molecule has 1 aromatic heterocycles. The number of hydrogen-bond acceptors (Lipinski definition) is 2. The highest BCUT2D eigenvalue weighted by molar-refractivity contribution is 8.03. The predicted octanol–water partition coefficient (Wildman–Crippen LogP) is 2.24. The van der Waals surface area contributed by atoms with Gasteiger partial charge in [-0.3, -0.25) is 4.98 Å². The van der Waals surface area contributed by atoms with Crippen LogP contribution >= 0.6 is 11.8 Å². The first kappa shape index (κ1) is 5.98. The molecule has 0 aromatic carbocycles. The Hall–Kier alpha value is -0.760. The van der Waals surface area contributed by atoms with Crippen molar-refractivity contribution in [1.82, 2.24) is 4.98 Å². The van der Waals surface area contributed by atoms with Crippen molar-refractivity contribution >= 4 is 11.8 Å². The zero-order valence-electron chi connectivity index (χ0n) is 5.50. The summed E-state index contributed by atoms with van der Waals surface area (Å²) in [7, 11) is 0. The third-order valence-electron chi connectivity index (χ3n) is 1.51. The lowest BCUT2D eigenvalue weighted by molar-refractivity contribution is 1.14. The normalized spacial score (nSPS) is 15.4. The van der Waals surface area contributed by atoms with Crippen LogP contribution in [0.4, 0.5) is 0 Å². The Labute approximate surface area is 64.2 Å². The summed E-state index contributed by atoms with van der Waals surface area (Å²) in [6, 6.07) is 2.06. The SMILES string of the molecule is C=C1Cc2ccncc2S1. The van der Waals surface area contributed by atoms with Crippen LogP contribution in [0.1, 0.15) is 5.56 Å². The molecule has 0 unspecified atom stereocenters. The van der Waals surface area contributed by atoms with E-state index in [4.69, 9.17) is 0 Å². The maximum Gasteiger partial charge on any atom is 0.0410 e. The largest absolute Gasteiger partial charge is 0.264 e. The summed E-state index contributed by atoms with van der Waals surface area (Å²) in [4.78, 5) is 6.52. The third kappa shape index (κ3) is 0.847. The van der Waals surface area contributed by atoms with Crippen molar-refractivity contribution in [3.63, 3.8) is 0 Å². The zero-order valence-corrected chi connectivity index (χ0v) is 6.32. The van der Waals surface area contributed by atoms with E-state index in [-0.39, 0.29) is 0 Å². The molecule has 0 saturated carbocycles. The molecule has 2 heteroatoms. The van der Waals surface area contributed by atoms with Crippen molar-refractivity contribution in [1.29, 1.82) is 0 Å². The monoisotopic (exact) mass is 149 g/mol. The second-order valence-corrected chi connectivity index (χ2v) is 3.52. The molecule has 2 rings (SSSR count). The van der Waals surface area contributed by atoms with Gasteiger partial charge in [-0.25, -0.2) is 0 Å². The Kier molecular flexibility index (Phi) is 1.27. The standard InChI is InChI=1S/C8H7NS/c1-6-4-7-2-3-9-5-8(7)10-6/h2-3,5H,1,4H2. The van der Waals surface area contributed by atoms with Gasteiger partial charge in [-0.2, -0.15) is 0 Å². The van der Waals surface area contributed by atoms with Gasteiger partial charge >= 0.3 is 0 Å². The molecule has 1 aliphatic heterocycles. The molecule has 0 radical (unpaired) electrons. The topological polar surface area (TPSA) is 12.9 Å². The third-order valence-corrected chi connectivity index (χ3v) is 2.53. The van der Waals surface area contributed by atoms with Gasteiger partial charge in [0.05, 0.1) is 0 Å². The fraction of sp³-hybridized carbons (Fsp3) is 0.125. The van der Waals surface area contributed by atoms with Crippen LogP contribution in [-0.2, 0) is 6.42 Å². The van der Waals surface area contributed by atoms with Crippen LogP contribution in [0, 0.1) is 0 Å². The van der Waals surface area contributed by atoms with Gasteiger partial charge in [-0.1, -0.05) is 18.3 Å². The minimum Gasteiger partial charge on any atom is -0.264 e. The molecule has 50 valence electrons. The summed E-state index contributed by atoms with van der Waals surface area (Å²) in [6.07, 6.45) is 4.75. The average molecular weight is 149 g/mol. The number of thioether (sulfide) groups is 1. The molecule has 10 heavy (non-hydrogen) atoms. The smallest absolute Gasteiger partial charge is 0.0410 e. The average Bonchev–Trinajstić information content (AvgIpc) is 2.27. The number of rotatable bonds is 0. The molecular formula is C8H7NS. The molecule has 0 atom stereocenters. The van der Waals surface area contributed by atoms with Crippen LogP contribution in [-0.4, -0.2) is 4.98 Å². The Bertz CT molecular complexity index is 253. The quantitative estimate of drug-likeness (QED) is 0.561. The highest BCUT2D eigenvalue weighted by Crippen LogP contribution is 2.37. The second kappa shape index (κ2) is 2.13. The van der Waals surface area contributed by atoms with E-state index in [1.165, 1.54) is 15.4 Å². The summed E-state index contributed by atoms with van der Waals surface area (Å²) >= 11 is 1.73. The van der Waals surface area contributed by atoms with Gasteiger partial charge in [-0.15, -0.1) is 0 Å². The molecule has 0 fully saturated rings. The Balaban J connectivity index is 2.51. The van der Waals surface area contributed by atoms with E-state index in [9.17, 15) is 0 Å². The van der Waals surface area contributed by atoms with Gasteiger partial charge in [0.25, 0.3) is 0 Å². The molecule has 2 heterocycles. The number of nitrogens with zero attached hydrogens (tertiary/aromatic N) is 1. The first-order valence-corrected chi connectivity index (χ1v) is 3.96. The number of aromatic nitrogens is 1. The summed E-state index contributed by atoms with van der Waals surface area (Å²) in [6.45, 7) is 3.90. The minimum atomic E-state index is 1.02.